The molecule has 0 spiro atoms. The van der Waals surface area contributed by atoms with E-state index in [9.17, 15) is 9.18 Å². The Morgan fingerprint density at radius 1 is 1.10 bits per heavy atom. The molecular formula is C18H40FNO. The summed E-state index contributed by atoms with van der Waals surface area (Å²) in [6.07, 6.45) is 3.17. The molecule has 0 aromatic rings. The van der Waals surface area contributed by atoms with Gasteiger partial charge in [-0.15, -0.1) is 0 Å². The zero-order chi connectivity index (χ0) is 18.1. The van der Waals surface area contributed by atoms with Gasteiger partial charge in [0.25, 0.3) is 5.91 Å². The van der Waals surface area contributed by atoms with E-state index >= 15 is 0 Å². The molecule has 0 aliphatic carbocycles. The van der Waals surface area contributed by atoms with Gasteiger partial charge in [-0.05, 0) is 11.8 Å². The fraction of sp³-hybridized carbons (Fsp3) is 0.833. The zero-order valence-electron chi connectivity index (χ0n) is 16.3. The SMILES string of the molecule is C=C(F)C(=O)N(C)CCC(C)(C)CC.CC.CC.CCC. The Morgan fingerprint density at radius 3 is 1.67 bits per heavy atom. The minimum atomic E-state index is -0.887. The first-order chi connectivity index (χ1) is 9.71. The van der Waals surface area contributed by atoms with Crippen molar-refractivity contribution in [2.75, 3.05) is 13.6 Å². The van der Waals surface area contributed by atoms with Gasteiger partial charge in [-0.2, -0.15) is 0 Å². The lowest BCUT2D eigenvalue weighted by atomic mass is 9.86. The Kier molecular flexibility index (Phi) is 25.8. The van der Waals surface area contributed by atoms with Gasteiger partial charge >= 0.3 is 0 Å². The van der Waals surface area contributed by atoms with Gasteiger partial charge in [0.1, 0.15) is 0 Å². The zero-order valence-corrected chi connectivity index (χ0v) is 16.3. The molecule has 130 valence electrons. The second-order valence-corrected chi connectivity index (χ2v) is 5.11. The molecule has 0 atom stereocenters. The van der Waals surface area contributed by atoms with Crippen molar-refractivity contribution in [3.63, 3.8) is 0 Å². The number of rotatable bonds is 5. The average Bonchev–Trinajstić information content (AvgIpc) is 2.49. The number of hydrogen-bond donors (Lipinski definition) is 0. The van der Waals surface area contributed by atoms with E-state index in [1.165, 1.54) is 11.3 Å². The van der Waals surface area contributed by atoms with Crippen LogP contribution in [0.2, 0.25) is 0 Å². The van der Waals surface area contributed by atoms with Crippen LogP contribution in [0.5, 0.6) is 0 Å². The molecule has 0 heterocycles. The molecule has 0 N–H and O–H groups in total. The van der Waals surface area contributed by atoms with Crippen LogP contribution in [-0.4, -0.2) is 24.4 Å². The minimum absolute atomic E-state index is 0.201. The minimum Gasteiger partial charge on any atom is -0.340 e. The molecule has 0 rings (SSSR count). The van der Waals surface area contributed by atoms with Crippen molar-refractivity contribution in [3.05, 3.63) is 12.4 Å². The highest BCUT2D eigenvalue weighted by Gasteiger charge is 2.18. The van der Waals surface area contributed by atoms with Gasteiger partial charge in [0.2, 0.25) is 0 Å². The molecule has 3 heteroatoms. The van der Waals surface area contributed by atoms with Crippen LogP contribution in [0.3, 0.4) is 0 Å². The van der Waals surface area contributed by atoms with Crippen molar-refractivity contribution in [2.45, 2.75) is 81.6 Å². The van der Waals surface area contributed by atoms with Crippen LogP contribution in [-0.2, 0) is 4.79 Å². The Bertz CT molecular complexity index is 237. The molecule has 1 amide bonds. The summed E-state index contributed by atoms with van der Waals surface area (Å²) in [7, 11) is 1.60. The van der Waals surface area contributed by atoms with E-state index < -0.39 is 11.7 Å². The van der Waals surface area contributed by atoms with Crippen LogP contribution in [0, 0.1) is 5.41 Å². The normalized spacial score (nSPS) is 8.90. The second kappa shape index (κ2) is 19.1. The van der Waals surface area contributed by atoms with Crippen molar-refractivity contribution in [3.8, 4) is 0 Å². The highest BCUT2D eigenvalue weighted by atomic mass is 19.1. The van der Waals surface area contributed by atoms with E-state index in [-0.39, 0.29) is 5.41 Å². The first-order valence-corrected chi connectivity index (χ1v) is 8.31. The maximum Gasteiger partial charge on any atom is 0.281 e. The van der Waals surface area contributed by atoms with E-state index in [1.54, 1.807) is 7.05 Å². The fourth-order valence-corrected chi connectivity index (χ4v) is 0.956. The molecule has 0 aliphatic rings. The molecule has 0 unspecified atom stereocenters. The Morgan fingerprint density at radius 2 is 1.43 bits per heavy atom. The Labute approximate surface area is 133 Å². The monoisotopic (exact) mass is 305 g/mol. The topological polar surface area (TPSA) is 20.3 Å². The van der Waals surface area contributed by atoms with E-state index in [4.69, 9.17) is 0 Å². The quantitative estimate of drug-likeness (QED) is 0.552. The van der Waals surface area contributed by atoms with Gasteiger partial charge < -0.3 is 4.90 Å². The van der Waals surface area contributed by atoms with Crippen LogP contribution in [0.1, 0.15) is 81.6 Å². The highest BCUT2D eigenvalue weighted by molar-refractivity contribution is 5.90. The lowest BCUT2D eigenvalue weighted by Gasteiger charge is -2.25. The molecular weight excluding hydrogens is 265 g/mol. The molecule has 0 aromatic carbocycles. The van der Waals surface area contributed by atoms with Crippen molar-refractivity contribution in [1.82, 2.24) is 4.90 Å². The first-order valence-electron chi connectivity index (χ1n) is 8.31. The molecule has 0 aliphatic heterocycles. The predicted molar refractivity (Wildman–Crippen MR) is 95.2 cm³/mol. The summed E-state index contributed by atoms with van der Waals surface area (Å²) >= 11 is 0. The lowest BCUT2D eigenvalue weighted by Crippen LogP contribution is -2.30. The van der Waals surface area contributed by atoms with Crippen molar-refractivity contribution < 1.29 is 9.18 Å². The van der Waals surface area contributed by atoms with E-state index in [0.717, 1.165) is 12.8 Å². The van der Waals surface area contributed by atoms with Gasteiger partial charge in [0, 0.05) is 13.6 Å². The van der Waals surface area contributed by atoms with Crippen LogP contribution in [0.25, 0.3) is 0 Å². The Hall–Kier alpha value is -0.860. The van der Waals surface area contributed by atoms with E-state index in [1.807, 2.05) is 27.7 Å². The predicted octanol–water partition coefficient (Wildman–Crippen LogP) is 6.22. The van der Waals surface area contributed by atoms with Gasteiger partial charge in [-0.25, -0.2) is 4.39 Å². The largest absolute Gasteiger partial charge is 0.340 e. The third-order valence-electron chi connectivity index (χ3n) is 2.66. The number of amides is 1. The van der Waals surface area contributed by atoms with Crippen molar-refractivity contribution >= 4 is 5.91 Å². The van der Waals surface area contributed by atoms with Gasteiger partial charge in [0.05, 0.1) is 0 Å². The fourth-order valence-electron chi connectivity index (χ4n) is 0.956. The average molecular weight is 306 g/mol. The maximum absolute atomic E-state index is 12.5. The first kappa shape index (κ1) is 28.3. The number of carbonyl (C=O) groups is 1. The van der Waals surface area contributed by atoms with Gasteiger partial charge in [-0.3, -0.25) is 4.79 Å². The smallest absolute Gasteiger partial charge is 0.281 e. The van der Waals surface area contributed by atoms with Gasteiger partial charge in [-0.1, -0.05) is 81.7 Å². The lowest BCUT2D eigenvalue weighted by molar-refractivity contribution is -0.127. The van der Waals surface area contributed by atoms with Crippen LogP contribution in [0.15, 0.2) is 12.4 Å². The Balaban J connectivity index is -0.000000176. The van der Waals surface area contributed by atoms with Crippen molar-refractivity contribution in [1.29, 1.82) is 0 Å². The van der Waals surface area contributed by atoms with Crippen LogP contribution < -0.4 is 0 Å². The number of hydrogen-bond acceptors (Lipinski definition) is 1. The summed E-state index contributed by atoms with van der Waals surface area (Å²) in [6, 6.07) is 0. The summed E-state index contributed by atoms with van der Waals surface area (Å²) in [4.78, 5) is 12.5. The molecule has 2 nitrogen and oxygen atoms in total. The second-order valence-electron chi connectivity index (χ2n) is 5.11. The molecule has 0 fully saturated rings. The molecule has 0 saturated carbocycles. The summed E-state index contributed by atoms with van der Waals surface area (Å²) in [6.45, 7) is 22.2. The number of carbonyl (C=O) groups excluding carboxylic acids is 1. The third-order valence-corrected chi connectivity index (χ3v) is 2.66. The summed E-state index contributed by atoms with van der Waals surface area (Å²) in [5.41, 5.74) is 0.201. The third kappa shape index (κ3) is 21.6. The number of halogens is 1. The molecule has 0 radical (unpaired) electrons. The molecule has 0 bridgehead atoms. The number of nitrogens with zero attached hydrogens (tertiary/aromatic N) is 1. The summed E-state index contributed by atoms with van der Waals surface area (Å²) in [5, 5.41) is 0. The van der Waals surface area contributed by atoms with E-state index in [2.05, 4.69) is 41.2 Å². The molecule has 21 heavy (non-hydrogen) atoms. The number of likely N-dealkylation sites (N-methyl/N-ethyl adjacent to an activating group) is 1. The van der Waals surface area contributed by atoms with Gasteiger partial charge in [0.15, 0.2) is 5.83 Å². The van der Waals surface area contributed by atoms with Crippen LogP contribution in [0.4, 0.5) is 4.39 Å². The summed E-state index contributed by atoms with van der Waals surface area (Å²) < 4.78 is 12.5. The molecule has 0 aromatic heterocycles. The highest BCUT2D eigenvalue weighted by Crippen LogP contribution is 2.24. The van der Waals surface area contributed by atoms with Crippen molar-refractivity contribution in [2.24, 2.45) is 5.41 Å². The van der Waals surface area contributed by atoms with E-state index in [0.29, 0.717) is 6.54 Å². The van der Waals surface area contributed by atoms with Crippen LogP contribution >= 0.6 is 0 Å². The summed E-state index contributed by atoms with van der Waals surface area (Å²) in [5.74, 6) is -1.50. The maximum atomic E-state index is 12.5. The standard InChI is InChI=1S/C11H20FNO.C3H8.2C2H6/c1-6-11(3,4)7-8-13(5)10(14)9(2)12;1-3-2;2*1-2/h2,6-8H2,1,3-5H3;3H2,1-2H3;2*1-2H3. The molecule has 0 saturated heterocycles.